The van der Waals surface area contributed by atoms with Crippen LogP contribution in [0.2, 0.25) is 0 Å². The zero-order valence-corrected chi connectivity index (χ0v) is 10.9. The Morgan fingerprint density at radius 3 is 2.39 bits per heavy atom. The number of carbonyl (C=O) groups excluding carboxylic acids is 2. The van der Waals surface area contributed by atoms with Crippen molar-refractivity contribution in [2.45, 2.75) is 45.2 Å². The Morgan fingerprint density at radius 2 is 1.89 bits per heavy atom. The molecule has 0 aromatic rings. The van der Waals surface area contributed by atoms with E-state index < -0.39 is 24.0 Å². The van der Waals surface area contributed by atoms with E-state index in [1.54, 1.807) is 6.08 Å². The maximum atomic E-state index is 11.3. The van der Waals surface area contributed by atoms with Crippen molar-refractivity contribution < 1.29 is 19.4 Å². The van der Waals surface area contributed by atoms with Gasteiger partial charge in [-0.1, -0.05) is 19.9 Å². The fourth-order valence-corrected chi connectivity index (χ4v) is 1.30. The molecular weight excluding hydrogens is 236 g/mol. The first-order chi connectivity index (χ1) is 8.36. The first kappa shape index (κ1) is 16.6. The minimum Gasteiger partial charge on any atom is -0.327 e. The van der Waals surface area contributed by atoms with Crippen molar-refractivity contribution in [3.05, 3.63) is 12.7 Å². The van der Waals surface area contributed by atoms with Crippen molar-refractivity contribution in [1.29, 1.82) is 0 Å². The zero-order chi connectivity index (χ0) is 14.1. The monoisotopic (exact) mass is 258 g/mol. The van der Waals surface area contributed by atoms with Crippen molar-refractivity contribution in [3.8, 4) is 0 Å². The van der Waals surface area contributed by atoms with Crippen LogP contribution in [0.3, 0.4) is 0 Å². The first-order valence-electron chi connectivity index (χ1n) is 5.90. The van der Waals surface area contributed by atoms with Crippen LogP contribution in [-0.4, -0.2) is 24.0 Å². The highest BCUT2D eigenvalue weighted by molar-refractivity contribution is 5.76. The third kappa shape index (κ3) is 7.81. The normalized spacial score (nSPS) is 13.8. The molecule has 6 nitrogen and oxygen atoms in total. The van der Waals surface area contributed by atoms with E-state index in [9.17, 15) is 9.59 Å². The number of carbonyl (C=O) groups is 2. The van der Waals surface area contributed by atoms with Gasteiger partial charge in [-0.25, -0.2) is 19.4 Å². The number of hydrogen-bond acceptors (Lipinski definition) is 6. The molecule has 0 saturated heterocycles. The summed E-state index contributed by atoms with van der Waals surface area (Å²) in [7, 11) is 0. The Labute approximate surface area is 107 Å². The molecule has 0 rings (SSSR count). The molecule has 0 spiro atoms. The summed E-state index contributed by atoms with van der Waals surface area (Å²) in [6.07, 6.45) is 2.50. The van der Waals surface area contributed by atoms with Crippen molar-refractivity contribution in [3.63, 3.8) is 0 Å². The van der Waals surface area contributed by atoms with Crippen molar-refractivity contribution in [2.75, 3.05) is 0 Å². The molecule has 18 heavy (non-hydrogen) atoms. The van der Waals surface area contributed by atoms with Crippen LogP contribution in [0, 0.1) is 5.92 Å². The van der Waals surface area contributed by atoms with E-state index in [1.165, 1.54) is 0 Å². The second-order valence-corrected chi connectivity index (χ2v) is 4.58. The summed E-state index contributed by atoms with van der Waals surface area (Å²) in [6, 6.07) is -1.18. The third-order valence-corrected chi connectivity index (χ3v) is 2.14. The van der Waals surface area contributed by atoms with Gasteiger partial charge < -0.3 is 11.5 Å². The van der Waals surface area contributed by atoms with Gasteiger partial charge in [0.2, 0.25) is 0 Å². The number of hydrogen-bond donors (Lipinski definition) is 2. The average molecular weight is 258 g/mol. The van der Waals surface area contributed by atoms with Crippen molar-refractivity contribution in [2.24, 2.45) is 17.4 Å². The lowest BCUT2D eigenvalue weighted by Crippen LogP contribution is -2.34. The predicted octanol–water partition coefficient (Wildman–Crippen LogP) is 0.655. The van der Waals surface area contributed by atoms with Gasteiger partial charge in [0.1, 0.15) is 6.04 Å². The van der Waals surface area contributed by atoms with Gasteiger partial charge in [-0.05, 0) is 18.8 Å². The van der Waals surface area contributed by atoms with Crippen LogP contribution >= 0.6 is 0 Å². The van der Waals surface area contributed by atoms with Gasteiger partial charge in [0.25, 0.3) is 0 Å². The Hall–Kier alpha value is -1.40. The van der Waals surface area contributed by atoms with E-state index in [2.05, 4.69) is 16.4 Å². The molecule has 0 amide bonds. The van der Waals surface area contributed by atoms with Gasteiger partial charge in [-0.15, -0.1) is 6.58 Å². The summed E-state index contributed by atoms with van der Waals surface area (Å²) >= 11 is 0. The SMILES string of the molecule is C=CCC(N)CC(=O)OOC(=O)C(N)CC(C)C. The molecule has 0 aliphatic carbocycles. The fourth-order valence-electron chi connectivity index (χ4n) is 1.30. The first-order valence-corrected chi connectivity index (χ1v) is 5.90. The van der Waals surface area contributed by atoms with E-state index >= 15 is 0 Å². The molecule has 4 N–H and O–H groups in total. The Kier molecular flexibility index (Phi) is 7.98. The quantitative estimate of drug-likeness (QED) is 0.395. The second-order valence-electron chi connectivity index (χ2n) is 4.58. The summed E-state index contributed by atoms with van der Waals surface area (Å²) in [5.74, 6) is -1.20. The van der Waals surface area contributed by atoms with Gasteiger partial charge >= 0.3 is 11.9 Å². The molecule has 104 valence electrons. The van der Waals surface area contributed by atoms with E-state index in [0.717, 1.165) is 0 Å². The molecule has 0 aromatic heterocycles. The highest BCUT2D eigenvalue weighted by atomic mass is 17.2. The summed E-state index contributed by atoms with van der Waals surface area (Å²) in [5.41, 5.74) is 11.1. The average Bonchev–Trinajstić information content (AvgIpc) is 2.25. The van der Waals surface area contributed by atoms with Gasteiger partial charge in [0.05, 0.1) is 6.42 Å². The Balaban J connectivity index is 3.90. The van der Waals surface area contributed by atoms with Gasteiger partial charge in [-0.3, -0.25) is 0 Å². The van der Waals surface area contributed by atoms with Crippen molar-refractivity contribution in [1.82, 2.24) is 0 Å². The van der Waals surface area contributed by atoms with Crippen LogP contribution in [-0.2, 0) is 19.4 Å². The lowest BCUT2D eigenvalue weighted by Gasteiger charge is -2.12. The topological polar surface area (TPSA) is 105 Å². The highest BCUT2D eigenvalue weighted by Gasteiger charge is 2.20. The zero-order valence-electron chi connectivity index (χ0n) is 10.9. The largest absolute Gasteiger partial charge is 0.372 e. The van der Waals surface area contributed by atoms with Crippen LogP contribution in [0.5, 0.6) is 0 Å². The fraction of sp³-hybridized carbons (Fsp3) is 0.667. The van der Waals surface area contributed by atoms with E-state index in [1.807, 2.05) is 13.8 Å². The van der Waals surface area contributed by atoms with Crippen molar-refractivity contribution >= 4 is 11.9 Å². The van der Waals surface area contributed by atoms with Crippen LogP contribution < -0.4 is 11.5 Å². The molecule has 0 fully saturated rings. The highest BCUT2D eigenvalue weighted by Crippen LogP contribution is 2.05. The molecule has 2 unspecified atom stereocenters. The standard InChI is InChI=1S/C12H22N2O4/c1-4-5-9(13)7-11(15)17-18-12(16)10(14)6-8(2)3/h4,8-10H,1,5-7,13-14H2,2-3H3. The summed E-state index contributed by atoms with van der Waals surface area (Å²) in [4.78, 5) is 31.2. The summed E-state index contributed by atoms with van der Waals surface area (Å²) in [5, 5.41) is 0. The molecule has 0 saturated carbocycles. The van der Waals surface area contributed by atoms with Crippen LogP contribution in [0.15, 0.2) is 12.7 Å². The predicted molar refractivity (Wildman–Crippen MR) is 67.0 cm³/mol. The molecule has 0 aliphatic rings. The molecule has 0 aromatic carbocycles. The third-order valence-electron chi connectivity index (χ3n) is 2.14. The Bertz CT molecular complexity index is 292. The molecular formula is C12H22N2O4. The smallest absolute Gasteiger partial charge is 0.327 e. The van der Waals surface area contributed by atoms with E-state index in [0.29, 0.717) is 12.8 Å². The van der Waals surface area contributed by atoms with E-state index in [4.69, 9.17) is 11.5 Å². The van der Waals surface area contributed by atoms with Gasteiger partial charge in [0, 0.05) is 6.04 Å². The van der Waals surface area contributed by atoms with Crippen LogP contribution in [0.1, 0.15) is 33.1 Å². The maximum absolute atomic E-state index is 11.3. The van der Waals surface area contributed by atoms with Crippen LogP contribution in [0.4, 0.5) is 0 Å². The molecule has 0 bridgehead atoms. The lowest BCUT2D eigenvalue weighted by molar-refractivity contribution is -0.260. The molecule has 0 aliphatic heterocycles. The second kappa shape index (κ2) is 8.66. The minimum atomic E-state index is -0.792. The summed E-state index contributed by atoms with van der Waals surface area (Å²) in [6.45, 7) is 7.35. The molecule has 2 atom stereocenters. The molecule has 0 heterocycles. The van der Waals surface area contributed by atoms with Gasteiger partial charge in [0.15, 0.2) is 0 Å². The Morgan fingerprint density at radius 1 is 1.28 bits per heavy atom. The minimum absolute atomic E-state index is 0.0429. The van der Waals surface area contributed by atoms with Gasteiger partial charge in [-0.2, -0.15) is 0 Å². The number of nitrogens with two attached hydrogens (primary N) is 2. The molecule has 0 radical (unpaired) electrons. The maximum Gasteiger partial charge on any atom is 0.372 e. The summed E-state index contributed by atoms with van der Waals surface area (Å²) < 4.78 is 0. The molecule has 6 heteroatoms. The lowest BCUT2D eigenvalue weighted by atomic mass is 10.1. The van der Waals surface area contributed by atoms with E-state index in [-0.39, 0.29) is 12.3 Å². The number of rotatable bonds is 7. The van der Waals surface area contributed by atoms with Crippen LogP contribution in [0.25, 0.3) is 0 Å².